The van der Waals surface area contributed by atoms with Gasteiger partial charge >= 0.3 is 0 Å². The molecule has 0 spiro atoms. The van der Waals surface area contributed by atoms with Crippen LogP contribution in [0, 0.1) is 13.8 Å². The molecular formula is C18H24N4OS. The summed E-state index contributed by atoms with van der Waals surface area (Å²) < 4.78 is 7.55. The second-order valence-corrected chi connectivity index (χ2v) is 6.60. The van der Waals surface area contributed by atoms with E-state index in [1.165, 1.54) is 17.0 Å². The van der Waals surface area contributed by atoms with Gasteiger partial charge in [-0.05, 0) is 49.8 Å². The maximum absolute atomic E-state index is 5.51. The molecule has 24 heavy (non-hydrogen) atoms. The van der Waals surface area contributed by atoms with E-state index >= 15 is 0 Å². The van der Waals surface area contributed by atoms with Gasteiger partial charge in [0.15, 0.2) is 5.11 Å². The first kappa shape index (κ1) is 16.9. The summed E-state index contributed by atoms with van der Waals surface area (Å²) in [6.45, 7) is 5.87. The summed E-state index contributed by atoms with van der Waals surface area (Å²) in [6.07, 6.45) is 1.83. The van der Waals surface area contributed by atoms with E-state index in [-0.39, 0.29) is 12.1 Å². The number of pyridine rings is 1. The number of methoxy groups -OCH3 is 1. The molecule has 0 unspecified atom stereocenters. The second-order valence-electron chi connectivity index (χ2n) is 6.21. The highest BCUT2D eigenvalue weighted by Crippen LogP contribution is 2.39. The molecule has 2 aromatic heterocycles. The number of rotatable bonds is 5. The van der Waals surface area contributed by atoms with Gasteiger partial charge < -0.3 is 19.5 Å². The third-order valence-electron chi connectivity index (χ3n) is 4.79. The topological polar surface area (TPSA) is 42.3 Å². The standard InChI is InChI=1S/C18H24N4OS/c1-12-11-14(13(2)22(12)9-10-23-4)17-16(20-18(24)21(17)3)15-7-5-6-8-19-15/h5-8,11,16-17H,9-10H2,1-4H3,(H,20,24)/t16-,17+/m1/s1. The lowest BCUT2D eigenvalue weighted by Crippen LogP contribution is -2.25. The summed E-state index contributed by atoms with van der Waals surface area (Å²) in [7, 11) is 3.78. The minimum absolute atomic E-state index is 0.0556. The Morgan fingerprint density at radius 3 is 2.79 bits per heavy atom. The van der Waals surface area contributed by atoms with E-state index in [9.17, 15) is 0 Å². The summed E-state index contributed by atoms with van der Waals surface area (Å²) in [6, 6.07) is 8.46. The van der Waals surface area contributed by atoms with Gasteiger partial charge in [-0.15, -0.1) is 0 Å². The van der Waals surface area contributed by atoms with E-state index in [2.05, 4.69) is 45.7 Å². The third kappa shape index (κ3) is 2.91. The van der Waals surface area contributed by atoms with Gasteiger partial charge in [-0.1, -0.05) is 6.07 Å². The van der Waals surface area contributed by atoms with Crippen LogP contribution in [-0.2, 0) is 11.3 Å². The molecule has 6 heteroatoms. The summed E-state index contributed by atoms with van der Waals surface area (Å²) in [5, 5.41) is 4.19. The highest BCUT2D eigenvalue weighted by molar-refractivity contribution is 7.80. The molecule has 5 nitrogen and oxygen atoms in total. The lowest BCUT2D eigenvalue weighted by Gasteiger charge is -2.24. The van der Waals surface area contributed by atoms with Crippen LogP contribution in [0.1, 0.15) is 34.7 Å². The fourth-order valence-corrected chi connectivity index (χ4v) is 3.74. The van der Waals surface area contributed by atoms with Crippen molar-refractivity contribution in [1.82, 2.24) is 19.8 Å². The van der Waals surface area contributed by atoms with E-state index in [1.807, 2.05) is 25.4 Å². The Balaban J connectivity index is 2.01. The van der Waals surface area contributed by atoms with Crippen molar-refractivity contribution in [2.75, 3.05) is 20.8 Å². The third-order valence-corrected chi connectivity index (χ3v) is 5.20. The Kier molecular flexibility index (Phi) is 4.87. The van der Waals surface area contributed by atoms with Gasteiger partial charge in [0.25, 0.3) is 0 Å². The fraction of sp³-hybridized carbons (Fsp3) is 0.444. The molecule has 128 valence electrons. The molecule has 2 atom stereocenters. The average molecular weight is 344 g/mol. The van der Waals surface area contributed by atoms with Crippen molar-refractivity contribution >= 4 is 17.3 Å². The lowest BCUT2D eigenvalue weighted by atomic mass is 9.97. The highest BCUT2D eigenvalue weighted by atomic mass is 32.1. The van der Waals surface area contributed by atoms with Gasteiger partial charge in [-0.2, -0.15) is 0 Å². The average Bonchev–Trinajstić information content (AvgIpc) is 3.03. The number of hydrogen-bond acceptors (Lipinski definition) is 3. The van der Waals surface area contributed by atoms with Crippen LogP contribution in [0.15, 0.2) is 30.5 Å². The minimum atomic E-state index is 0.0556. The number of aryl methyl sites for hydroxylation is 1. The van der Waals surface area contributed by atoms with Crippen LogP contribution in [0.5, 0.6) is 0 Å². The van der Waals surface area contributed by atoms with Gasteiger partial charge in [-0.25, -0.2) is 0 Å². The summed E-state index contributed by atoms with van der Waals surface area (Å²) >= 11 is 5.51. The molecule has 1 N–H and O–H groups in total. The summed E-state index contributed by atoms with van der Waals surface area (Å²) in [4.78, 5) is 6.67. The van der Waals surface area contributed by atoms with Crippen LogP contribution in [0.3, 0.4) is 0 Å². The van der Waals surface area contributed by atoms with Crippen molar-refractivity contribution in [2.45, 2.75) is 32.5 Å². The molecule has 1 aliphatic rings. The molecular weight excluding hydrogens is 320 g/mol. The van der Waals surface area contributed by atoms with E-state index in [0.717, 1.165) is 17.4 Å². The molecule has 1 fully saturated rings. The molecule has 0 aliphatic carbocycles. The zero-order valence-corrected chi connectivity index (χ0v) is 15.4. The first-order valence-corrected chi connectivity index (χ1v) is 8.55. The lowest BCUT2D eigenvalue weighted by molar-refractivity contribution is 0.186. The normalized spacial score (nSPS) is 20.5. The molecule has 3 heterocycles. The first-order chi connectivity index (χ1) is 11.5. The quantitative estimate of drug-likeness (QED) is 0.845. The van der Waals surface area contributed by atoms with Crippen molar-refractivity contribution in [3.8, 4) is 0 Å². The van der Waals surface area contributed by atoms with E-state index < -0.39 is 0 Å². The van der Waals surface area contributed by atoms with Gasteiger partial charge in [0.05, 0.1) is 24.4 Å². The van der Waals surface area contributed by atoms with Gasteiger partial charge in [0.1, 0.15) is 0 Å². The molecule has 0 saturated carbocycles. The zero-order chi connectivity index (χ0) is 17.3. The van der Waals surface area contributed by atoms with Gasteiger partial charge in [0, 0.05) is 38.3 Å². The molecule has 0 radical (unpaired) electrons. The maximum atomic E-state index is 5.51. The smallest absolute Gasteiger partial charge is 0.169 e. The van der Waals surface area contributed by atoms with Crippen LogP contribution >= 0.6 is 12.2 Å². The van der Waals surface area contributed by atoms with Crippen LogP contribution in [0.25, 0.3) is 0 Å². The number of nitrogens with zero attached hydrogens (tertiary/aromatic N) is 3. The predicted octanol–water partition coefficient (Wildman–Crippen LogP) is 2.75. The van der Waals surface area contributed by atoms with Crippen molar-refractivity contribution in [1.29, 1.82) is 0 Å². The Hall–Kier alpha value is -1.92. The number of ether oxygens (including phenoxy) is 1. The summed E-state index contributed by atoms with van der Waals surface area (Å²) in [5.74, 6) is 0. The van der Waals surface area contributed by atoms with Crippen LogP contribution in [0.2, 0.25) is 0 Å². The van der Waals surface area contributed by atoms with Gasteiger partial charge in [-0.3, -0.25) is 4.98 Å². The number of aromatic nitrogens is 2. The largest absolute Gasteiger partial charge is 0.383 e. The number of hydrogen-bond donors (Lipinski definition) is 1. The highest BCUT2D eigenvalue weighted by Gasteiger charge is 2.39. The minimum Gasteiger partial charge on any atom is -0.383 e. The van der Waals surface area contributed by atoms with Crippen molar-refractivity contribution < 1.29 is 4.74 Å². The van der Waals surface area contributed by atoms with Crippen LogP contribution in [-0.4, -0.2) is 40.3 Å². The van der Waals surface area contributed by atoms with E-state index in [4.69, 9.17) is 17.0 Å². The predicted molar refractivity (Wildman–Crippen MR) is 99.0 cm³/mol. The number of likely N-dealkylation sites (N-methyl/N-ethyl adjacent to an activating group) is 1. The molecule has 2 aromatic rings. The number of thiocarbonyl (C=S) groups is 1. The van der Waals surface area contributed by atoms with Crippen LogP contribution in [0.4, 0.5) is 0 Å². The van der Waals surface area contributed by atoms with Gasteiger partial charge in [0.2, 0.25) is 0 Å². The fourth-order valence-electron chi connectivity index (χ4n) is 3.50. The molecule has 0 aromatic carbocycles. The molecule has 1 saturated heterocycles. The Bertz CT molecular complexity index is 728. The molecule has 3 rings (SSSR count). The maximum Gasteiger partial charge on any atom is 0.169 e. The van der Waals surface area contributed by atoms with Crippen molar-refractivity contribution in [2.24, 2.45) is 0 Å². The molecule has 1 aliphatic heterocycles. The summed E-state index contributed by atoms with van der Waals surface area (Å²) in [5.41, 5.74) is 4.80. The second kappa shape index (κ2) is 6.91. The Morgan fingerprint density at radius 1 is 1.33 bits per heavy atom. The molecule has 0 amide bonds. The monoisotopic (exact) mass is 344 g/mol. The zero-order valence-electron chi connectivity index (χ0n) is 14.6. The SMILES string of the molecule is COCCn1c(C)cc([C@H]2[C@@H](c3ccccn3)NC(=S)N2C)c1C. The number of nitrogens with one attached hydrogen (secondary N) is 1. The van der Waals surface area contributed by atoms with E-state index in [0.29, 0.717) is 6.61 Å². The first-order valence-electron chi connectivity index (χ1n) is 8.14. The Morgan fingerprint density at radius 2 is 2.12 bits per heavy atom. The molecule has 0 bridgehead atoms. The van der Waals surface area contributed by atoms with Crippen molar-refractivity contribution in [3.63, 3.8) is 0 Å². The van der Waals surface area contributed by atoms with Crippen molar-refractivity contribution in [3.05, 3.63) is 53.1 Å². The van der Waals surface area contributed by atoms with Crippen LogP contribution < -0.4 is 5.32 Å². The Labute approximate surface area is 148 Å². The van der Waals surface area contributed by atoms with E-state index in [1.54, 1.807) is 7.11 Å².